The lowest BCUT2D eigenvalue weighted by Gasteiger charge is -2.06. The molecule has 78 valence electrons. The third-order valence-corrected chi connectivity index (χ3v) is 2.41. The first-order valence-corrected chi connectivity index (χ1v) is 4.82. The average molecular weight is 207 g/mol. The van der Waals surface area contributed by atoms with Crippen molar-refractivity contribution in [2.45, 2.75) is 19.8 Å². The van der Waals surface area contributed by atoms with Crippen molar-refractivity contribution in [1.82, 2.24) is 4.98 Å². The summed E-state index contributed by atoms with van der Waals surface area (Å²) in [5, 5.41) is 0.639. The number of pyridine rings is 1. The van der Waals surface area contributed by atoms with Crippen molar-refractivity contribution in [3.8, 4) is 0 Å². The predicted octanol–water partition coefficient (Wildman–Crippen LogP) is 3.64. The van der Waals surface area contributed by atoms with E-state index in [-0.39, 0.29) is 0 Å². The standard InChI is InChI=1S/C12H11F2N/c1-7(2)9-3-8-4-10(13)11(14)5-12(8)15-6-9/h3-7H,1-2H3. The molecule has 0 aliphatic heterocycles. The molecule has 0 radical (unpaired) electrons. The lowest BCUT2D eigenvalue weighted by molar-refractivity contribution is 0.510. The molecule has 15 heavy (non-hydrogen) atoms. The third-order valence-electron chi connectivity index (χ3n) is 2.41. The molecule has 2 rings (SSSR count). The normalized spacial score (nSPS) is 11.3. The number of hydrogen-bond donors (Lipinski definition) is 0. The van der Waals surface area contributed by atoms with Crippen molar-refractivity contribution in [2.75, 3.05) is 0 Å². The maximum atomic E-state index is 13.0. The summed E-state index contributed by atoms with van der Waals surface area (Å²) in [6.45, 7) is 4.06. The summed E-state index contributed by atoms with van der Waals surface area (Å²) < 4.78 is 25.9. The van der Waals surface area contributed by atoms with E-state index in [0.717, 1.165) is 11.6 Å². The summed E-state index contributed by atoms with van der Waals surface area (Å²) in [6.07, 6.45) is 1.70. The maximum Gasteiger partial charge on any atom is 0.161 e. The Hall–Kier alpha value is -1.51. The van der Waals surface area contributed by atoms with Crippen LogP contribution in [0.4, 0.5) is 8.78 Å². The van der Waals surface area contributed by atoms with E-state index in [1.807, 2.05) is 19.9 Å². The van der Waals surface area contributed by atoms with Crippen LogP contribution in [0, 0.1) is 11.6 Å². The second-order valence-corrected chi connectivity index (χ2v) is 3.88. The van der Waals surface area contributed by atoms with Gasteiger partial charge in [0.15, 0.2) is 11.6 Å². The van der Waals surface area contributed by atoms with E-state index in [4.69, 9.17) is 0 Å². The summed E-state index contributed by atoms with van der Waals surface area (Å²) in [4.78, 5) is 4.10. The van der Waals surface area contributed by atoms with Crippen LogP contribution in [-0.4, -0.2) is 4.98 Å². The van der Waals surface area contributed by atoms with Gasteiger partial charge in [-0.15, -0.1) is 0 Å². The number of rotatable bonds is 1. The van der Waals surface area contributed by atoms with E-state index in [2.05, 4.69) is 4.98 Å². The van der Waals surface area contributed by atoms with Gasteiger partial charge >= 0.3 is 0 Å². The summed E-state index contributed by atoms with van der Waals surface area (Å²) in [6, 6.07) is 4.15. The number of halogens is 2. The molecule has 0 N–H and O–H groups in total. The molecular weight excluding hydrogens is 196 g/mol. The van der Waals surface area contributed by atoms with Crippen LogP contribution in [0.25, 0.3) is 10.9 Å². The van der Waals surface area contributed by atoms with E-state index in [1.165, 1.54) is 6.07 Å². The Morgan fingerprint density at radius 1 is 1.07 bits per heavy atom. The Morgan fingerprint density at radius 3 is 2.40 bits per heavy atom. The summed E-state index contributed by atoms with van der Waals surface area (Å²) in [5.74, 6) is -1.35. The molecule has 0 bridgehead atoms. The van der Waals surface area contributed by atoms with Gasteiger partial charge in [-0.25, -0.2) is 8.78 Å². The van der Waals surface area contributed by atoms with Gasteiger partial charge < -0.3 is 0 Å². The molecule has 1 heterocycles. The van der Waals surface area contributed by atoms with Crippen molar-refractivity contribution in [2.24, 2.45) is 0 Å². The average Bonchev–Trinajstić information content (AvgIpc) is 2.19. The lowest BCUT2D eigenvalue weighted by atomic mass is 10.0. The smallest absolute Gasteiger partial charge is 0.161 e. The van der Waals surface area contributed by atoms with Crippen LogP contribution in [-0.2, 0) is 0 Å². The largest absolute Gasteiger partial charge is 0.256 e. The zero-order valence-corrected chi connectivity index (χ0v) is 8.59. The van der Waals surface area contributed by atoms with Crippen molar-refractivity contribution >= 4 is 10.9 Å². The first-order chi connectivity index (χ1) is 7.08. The van der Waals surface area contributed by atoms with E-state index < -0.39 is 11.6 Å². The van der Waals surface area contributed by atoms with E-state index in [0.29, 0.717) is 16.8 Å². The van der Waals surface area contributed by atoms with E-state index >= 15 is 0 Å². The fourth-order valence-electron chi connectivity index (χ4n) is 1.46. The lowest BCUT2D eigenvalue weighted by Crippen LogP contribution is -1.92. The molecule has 0 unspecified atom stereocenters. The Bertz CT molecular complexity index is 506. The fourth-order valence-corrected chi connectivity index (χ4v) is 1.46. The second-order valence-electron chi connectivity index (χ2n) is 3.88. The number of nitrogens with zero attached hydrogens (tertiary/aromatic N) is 1. The van der Waals surface area contributed by atoms with Gasteiger partial charge in [0.1, 0.15) is 0 Å². The van der Waals surface area contributed by atoms with Crippen LogP contribution < -0.4 is 0 Å². The first-order valence-electron chi connectivity index (χ1n) is 4.82. The molecule has 0 atom stereocenters. The van der Waals surface area contributed by atoms with E-state index in [9.17, 15) is 8.78 Å². The third kappa shape index (κ3) is 1.82. The zero-order chi connectivity index (χ0) is 11.0. The van der Waals surface area contributed by atoms with Gasteiger partial charge in [0.2, 0.25) is 0 Å². The fraction of sp³-hybridized carbons (Fsp3) is 0.250. The highest BCUT2D eigenvalue weighted by atomic mass is 19.2. The molecule has 1 aromatic carbocycles. The molecule has 0 spiro atoms. The van der Waals surface area contributed by atoms with Gasteiger partial charge in [-0.1, -0.05) is 13.8 Å². The van der Waals surface area contributed by atoms with Gasteiger partial charge in [0, 0.05) is 17.6 Å². The number of benzene rings is 1. The van der Waals surface area contributed by atoms with E-state index in [1.54, 1.807) is 6.20 Å². The van der Waals surface area contributed by atoms with Gasteiger partial charge in [0.05, 0.1) is 5.52 Å². The van der Waals surface area contributed by atoms with Crippen molar-refractivity contribution < 1.29 is 8.78 Å². The van der Waals surface area contributed by atoms with Crippen molar-refractivity contribution in [3.63, 3.8) is 0 Å². The zero-order valence-electron chi connectivity index (χ0n) is 8.59. The molecule has 0 aliphatic rings. The van der Waals surface area contributed by atoms with Crippen LogP contribution in [0.1, 0.15) is 25.3 Å². The maximum absolute atomic E-state index is 13.0. The second kappa shape index (κ2) is 3.57. The highest BCUT2D eigenvalue weighted by molar-refractivity contribution is 5.79. The Kier molecular flexibility index (Phi) is 2.39. The molecule has 0 aliphatic carbocycles. The van der Waals surface area contributed by atoms with Crippen LogP contribution in [0.2, 0.25) is 0 Å². The van der Waals surface area contributed by atoms with Crippen LogP contribution in [0.15, 0.2) is 24.4 Å². The Morgan fingerprint density at radius 2 is 1.73 bits per heavy atom. The van der Waals surface area contributed by atoms with Gasteiger partial charge in [-0.3, -0.25) is 4.98 Å². The van der Waals surface area contributed by atoms with Gasteiger partial charge in [-0.05, 0) is 23.6 Å². The van der Waals surface area contributed by atoms with Gasteiger partial charge in [-0.2, -0.15) is 0 Å². The molecule has 2 aromatic rings. The molecule has 3 heteroatoms. The molecule has 0 fully saturated rings. The molecule has 0 amide bonds. The Balaban J connectivity index is 2.66. The summed E-state index contributed by atoms with van der Waals surface area (Å²) in [7, 11) is 0. The Labute approximate surface area is 86.8 Å². The minimum atomic E-state index is -0.854. The number of fused-ring (bicyclic) bond motifs is 1. The minimum Gasteiger partial charge on any atom is -0.256 e. The molecular formula is C12H11F2N. The SMILES string of the molecule is CC(C)c1cnc2cc(F)c(F)cc2c1. The molecule has 0 saturated heterocycles. The van der Waals surface area contributed by atoms with Crippen LogP contribution in [0.5, 0.6) is 0 Å². The monoisotopic (exact) mass is 207 g/mol. The highest BCUT2D eigenvalue weighted by Gasteiger charge is 2.06. The van der Waals surface area contributed by atoms with Gasteiger partial charge in [0.25, 0.3) is 0 Å². The molecule has 0 saturated carbocycles. The topological polar surface area (TPSA) is 12.9 Å². The predicted molar refractivity (Wildman–Crippen MR) is 55.7 cm³/mol. The molecule has 1 aromatic heterocycles. The van der Waals surface area contributed by atoms with Crippen molar-refractivity contribution in [3.05, 3.63) is 41.6 Å². The quantitative estimate of drug-likeness (QED) is 0.695. The number of aromatic nitrogens is 1. The minimum absolute atomic E-state index is 0.329. The number of hydrogen-bond acceptors (Lipinski definition) is 1. The first kappa shape index (κ1) is 10.0. The van der Waals surface area contributed by atoms with Crippen molar-refractivity contribution in [1.29, 1.82) is 0 Å². The summed E-state index contributed by atoms with van der Waals surface area (Å²) >= 11 is 0. The summed E-state index contributed by atoms with van der Waals surface area (Å²) in [5.41, 5.74) is 1.51. The van der Waals surface area contributed by atoms with Crippen LogP contribution >= 0.6 is 0 Å². The molecule has 1 nitrogen and oxygen atoms in total. The highest BCUT2D eigenvalue weighted by Crippen LogP contribution is 2.21. The van der Waals surface area contributed by atoms with Crippen LogP contribution in [0.3, 0.4) is 0 Å².